The molecule has 2 amide bonds. The lowest BCUT2D eigenvalue weighted by Gasteiger charge is -2.35. The molecule has 2 saturated heterocycles. The summed E-state index contributed by atoms with van der Waals surface area (Å²) in [7, 11) is 1.71. The van der Waals surface area contributed by atoms with Crippen molar-refractivity contribution in [2.75, 3.05) is 51.4 Å². The number of ether oxygens (including phenoxy) is 1. The van der Waals surface area contributed by atoms with Crippen LogP contribution in [-0.4, -0.2) is 78.7 Å². The molecule has 2 heterocycles. The fourth-order valence-electron chi connectivity index (χ4n) is 6.86. The van der Waals surface area contributed by atoms with Crippen LogP contribution in [0.3, 0.4) is 0 Å². The Bertz CT molecular complexity index is 1240. The molecule has 220 valence electrons. The number of anilines is 1. The second-order valence-corrected chi connectivity index (χ2v) is 12.6. The van der Waals surface area contributed by atoms with Crippen molar-refractivity contribution in [3.8, 4) is 16.9 Å². The monoisotopic (exact) mass is 560 g/mol. The van der Waals surface area contributed by atoms with E-state index in [0.29, 0.717) is 50.0 Å². The number of nitrogens with zero attached hydrogens (tertiary/aromatic N) is 3. The molecule has 0 bridgehead atoms. The standard InChI is InChI=1S/C33H44N4O4/c1-41-29-22-27(37-24-32(23-34-37)14-6-4-2-3-5-7-15-32)12-13-28(29)25-8-10-26(11-9-25)30(38)35-18-20-36(21-19-35)31(39)33(40)16-17-33/h8-13,22,34,40H,2-7,14-21,23-24H2,1H3. The van der Waals surface area contributed by atoms with Crippen LogP contribution < -0.4 is 15.2 Å². The Morgan fingerprint density at radius 1 is 0.829 bits per heavy atom. The van der Waals surface area contributed by atoms with Gasteiger partial charge in [-0.25, -0.2) is 5.43 Å². The van der Waals surface area contributed by atoms with Crippen molar-refractivity contribution in [3.63, 3.8) is 0 Å². The van der Waals surface area contributed by atoms with Crippen LogP contribution in [0.15, 0.2) is 42.5 Å². The maximum atomic E-state index is 13.2. The molecule has 2 saturated carbocycles. The van der Waals surface area contributed by atoms with Crippen LogP contribution in [0.2, 0.25) is 0 Å². The molecule has 2 aliphatic heterocycles. The van der Waals surface area contributed by atoms with Crippen LogP contribution in [0.25, 0.3) is 11.1 Å². The number of methoxy groups -OCH3 is 1. The lowest BCUT2D eigenvalue weighted by Crippen LogP contribution is -2.53. The number of carbonyl (C=O) groups is 2. The number of hydrazine groups is 1. The van der Waals surface area contributed by atoms with Gasteiger partial charge in [0, 0.05) is 61.9 Å². The van der Waals surface area contributed by atoms with E-state index in [1.54, 1.807) is 16.9 Å². The number of rotatable bonds is 5. The average Bonchev–Trinajstić information content (AvgIpc) is 3.60. The Hall–Kier alpha value is -3.10. The molecular formula is C33H44N4O4. The van der Waals surface area contributed by atoms with Gasteiger partial charge >= 0.3 is 0 Å². The summed E-state index contributed by atoms with van der Waals surface area (Å²) in [6.45, 7) is 3.95. The van der Waals surface area contributed by atoms with Crippen LogP contribution >= 0.6 is 0 Å². The molecule has 6 rings (SSSR count). The predicted octanol–water partition coefficient (Wildman–Crippen LogP) is 4.62. The molecule has 2 aliphatic carbocycles. The zero-order valence-corrected chi connectivity index (χ0v) is 24.4. The minimum Gasteiger partial charge on any atom is -0.496 e. The molecule has 8 heteroatoms. The maximum absolute atomic E-state index is 13.2. The average molecular weight is 561 g/mol. The molecule has 2 aromatic rings. The van der Waals surface area contributed by atoms with E-state index in [1.165, 1.54) is 51.4 Å². The zero-order valence-electron chi connectivity index (χ0n) is 24.4. The highest BCUT2D eigenvalue weighted by Gasteiger charge is 2.50. The molecule has 8 nitrogen and oxygen atoms in total. The van der Waals surface area contributed by atoms with Crippen molar-refractivity contribution in [3.05, 3.63) is 48.0 Å². The van der Waals surface area contributed by atoms with Crippen LogP contribution in [0, 0.1) is 5.41 Å². The number of amides is 2. The fraction of sp³-hybridized carbons (Fsp3) is 0.576. The van der Waals surface area contributed by atoms with Gasteiger partial charge in [0.1, 0.15) is 11.4 Å². The summed E-state index contributed by atoms with van der Waals surface area (Å²) in [6.07, 6.45) is 11.8. The second-order valence-electron chi connectivity index (χ2n) is 12.6. The van der Waals surface area contributed by atoms with Crippen molar-refractivity contribution in [2.24, 2.45) is 5.41 Å². The van der Waals surface area contributed by atoms with Gasteiger partial charge in [-0.05, 0) is 55.5 Å². The van der Waals surface area contributed by atoms with Crippen molar-refractivity contribution >= 4 is 17.5 Å². The van der Waals surface area contributed by atoms with Crippen LogP contribution in [0.1, 0.15) is 74.6 Å². The third kappa shape index (κ3) is 5.95. The predicted molar refractivity (Wildman–Crippen MR) is 160 cm³/mol. The van der Waals surface area contributed by atoms with Crippen LogP contribution in [-0.2, 0) is 4.79 Å². The molecule has 0 radical (unpaired) electrons. The number of carbonyl (C=O) groups excluding carboxylic acids is 2. The van der Waals surface area contributed by atoms with E-state index in [1.807, 2.05) is 24.3 Å². The van der Waals surface area contributed by atoms with Gasteiger partial charge < -0.3 is 24.7 Å². The van der Waals surface area contributed by atoms with Gasteiger partial charge in [-0.1, -0.05) is 50.7 Å². The largest absolute Gasteiger partial charge is 0.496 e. The molecule has 0 atom stereocenters. The molecule has 0 aromatic heterocycles. The Morgan fingerprint density at radius 3 is 2.10 bits per heavy atom. The van der Waals surface area contributed by atoms with Gasteiger partial charge in [0.25, 0.3) is 11.8 Å². The second kappa shape index (κ2) is 11.6. The van der Waals surface area contributed by atoms with Gasteiger partial charge in [0.15, 0.2) is 0 Å². The quantitative estimate of drug-likeness (QED) is 0.555. The molecular weight excluding hydrogens is 516 g/mol. The van der Waals surface area contributed by atoms with Crippen LogP contribution in [0.5, 0.6) is 5.75 Å². The molecule has 2 aromatic carbocycles. The number of benzene rings is 2. The van der Waals surface area contributed by atoms with Crippen molar-refractivity contribution in [1.29, 1.82) is 0 Å². The van der Waals surface area contributed by atoms with E-state index >= 15 is 0 Å². The Morgan fingerprint density at radius 2 is 1.46 bits per heavy atom. The highest BCUT2D eigenvalue weighted by Crippen LogP contribution is 2.40. The highest BCUT2D eigenvalue weighted by atomic mass is 16.5. The molecule has 4 aliphatic rings. The number of nitrogens with one attached hydrogen (secondary N) is 1. The zero-order chi connectivity index (χ0) is 28.5. The molecule has 1 spiro atoms. The smallest absolute Gasteiger partial charge is 0.254 e. The number of aliphatic hydroxyl groups is 1. The summed E-state index contributed by atoms with van der Waals surface area (Å²) < 4.78 is 5.84. The molecule has 41 heavy (non-hydrogen) atoms. The summed E-state index contributed by atoms with van der Waals surface area (Å²) in [5, 5.41) is 12.4. The third-order valence-electron chi connectivity index (χ3n) is 9.72. The SMILES string of the molecule is COc1cc(N2CC3(CCCCCCCC3)CN2)ccc1-c1ccc(C(=O)N2CCN(C(=O)C3(O)CC3)CC2)cc1. The Balaban J connectivity index is 1.10. The van der Waals surface area contributed by atoms with Gasteiger partial charge in [-0.2, -0.15) is 0 Å². The van der Waals surface area contributed by atoms with E-state index in [4.69, 9.17) is 4.74 Å². The molecule has 0 unspecified atom stereocenters. The van der Waals surface area contributed by atoms with E-state index in [-0.39, 0.29) is 11.8 Å². The Kier molecular flexibility index (Phi) is 7.97. The summed E-state index contributed by atoms with van der Waals surface area (Å²) in [5.74, 6) is 0.594. The molecule has 4 fully saturated rings. The number of hydrogen-bond acceptors (Lipinski definition) is 6. The molecule has 2 N–H and O–H groups in total. The fourth-order valence-corrected chi connectivity index (χ4v) is 6.86. The van der Waals surface area contributed by atoms with Gasteiger partial charge in [0.2, 0.25) is 0 Å². The van der Waals surface area contributed by atoms with Crippen LogP contribution in [0.4, 0.5) is 5.69 Å². The highest BCUT2D eigenvalue weighted by molar-refractivity contribution is 5.95. The normalized spacial score (nSPS) is 22.1. The minimum atomic E-state index is -1.15. The minimum absolute atomic E-state index is 0.0324. The third-order valence-corrected chi connectivity index (χ3v) is 9.72. The maximum Gasteiger partial charge on any atom is 0.254 e. The first-order valence-corrected chi connectivity index (χ1v) is 15.5. The lowest BCUT2D eigenvalue weighted by atomic mass is 9.79. The van der Waals surface area contributed by atoms with E-state index in [0.717, 1.165) is 35.7 Å². The van der Waals surface area contributed by atoms with E-state index in [9.17, 15) is 14.7 Å². The van der Waals surface area contributed by atoms with Crippen molar-refractivity contribution < 1.29 is 19.4 Å². The van der Waals surface area contributed by atoms with E-state index < -0.39 is 5.60 Å². The summed E-state index contributed by atoms with van der Waals surface area (Å²) in [4.78, 5) is 29.1. The van der Waals surface area contributed by atoms with Gasteiger partial charge in [0.05, 0.1) is 12.8 Å². The first-order valence-electron chi connectivity index (χ1n) is 15.5. The van der Waals surface area contributed by atoms with Gasteiger partial charge in [-0.3, -0.25) is 9.59 Å². The topological polar surface area (TPSA) is 85.4 Å². The number of piperazine rings is 1. The first-order chi connectivity index (χ1) is 19.9. The first kappa shape index (κ1) is 28.0. The summed E-state index contributed by atoms with van der Waals surface area (Å²) in [6, 6.07) is 14.1. The van der Waals surface area contributed by atoms with Crippen molar-refractivity contribution in [1.82, 2.24) is 15.2 Å². The summed E-state index contributed by atoms with van der Waals surface area (Å²) in [5.41, 5.74) is 6.65. The lowest BCUT2D eigenvalue weighted by molar-refractivity contribution is -0.143. The van der Waals surface area contributed by atoms with Gasteiger partial charge in [-0.15, -0.1) is 0 Å². The van der Waals surface area contributed by atoms with Crippen molar-refractivity contribution in [2.45, 2.75) is 69.8 Å². The Labute approximate surface area is 243 Å². The summed E-state index contributed by atoms with van der Waals surface area (Å²) >= 11 is 0. The number of hydrogen-bond donors (Lipinski definition) is 2. The van der Waals surface area contributed by atoms with E-state index in [2.05, 4.69) is 28.6 Å².